The number of para-hydroxylation sites is 1. The molecule has 0 heterocycles. The van der Waals surface area contributed by atoms with Crippen LogP contribution in [-0.4, -0.2) is 32.1 Å². The Kier molecular flexibility index (Phi) is 6.55. The van der Waals surface area contributed by atoms with Crippen molar-refractivity contribution in [1.82, 2.24) is 4.72 Å². The highest BCUT2D eigenvalue weighted by molar-refractivity contribution is 7.89. The molecule has 1 unspecified atom stereocenters. The standard InChI is InChI=1S/C18H21NO5S/c1-2-16(18(20)21)24-17-11-7-6-8-14(17)12-13-19-25(22,23)15-9-4-3-5-10-15/h3-11,16,19H,2,12-13H2,1H3,(H,20,21). The fourth-order valence-corrected chi connectivity index (χ4v) is 3.34. The summed E-state index contributed by atoms with van der Waals surface area (Å²) >= 11 is 0. The lowest BCUT2D eigenvalue weighted by Gasteiger charge is -2.16. The van der Waals surface area contributed by atoms with Gasteiger partial charge in [-0.1, -0.05) is 43.3 Å². The summed E-state index contributed by atoms with van der Waals surface area (Å²) < 4.78 is 32.5. The van der Waals surface area contributed by atoms with E-state index in [9.17, 15) is 13.2 Å². The van der Waals surface area contributed by atoms with Crippen LogP contribution in [0.5, 0.6) is 5.75 Å². The number of sulfonamides is 1. The first-order chi connectivity index (χ1) is 11.9. The molecule has 0 bridgehead atoms. The molecule has 7 heteroatoms. The van der Waals surface area contributed by atoms with E-state index in [2.05, 4.69) is 4.72 Å². The molecule has 1 atom stereocenters. The van der Waals surface area contributed by atoms with Crippen molar-refractivity contribution < 1.29 is 23.1 Å². The molecule has 25 heavy (non-hydrogen) atoms. The SMILES string of the molecule is CCC(Oc1ccccc1CCNS(=O)(=O)c1ccccc1)C(=O)O. The Morgan fingerprint density at radius 1 is 1.12 bits per heavy atom. The van der Waals surface area contributed by atoms with Gasteiger partial charge in [0.2, 0.25) is 10.0 Å². The minimum Gasteiger partial charge on any atom is -0.479 e. The van der Waals surface area contributed by atoms with E-state index in [0.29, 0.717) is 18.6 Å². The van der Waals surface area contributed by atoms with E-state index >= 15 is 0 Å². The van der Waals surface area contributed by atoms with Crippen LogP contribution in [0.1, 0.15) is 18.9 Å². The number of aliphatic carboxylic acids is 1. The molecule has 6 nitrogen and oxygen atoms in total. The molecule has 2 rings (SSSR count). The third-order valence-electron chi connectivity index (χ3n) is 3.63. The van der Waals surface area contributed by atoms with Crippen molar-refractivity contribution in [1.29, 1.82) is 0 Å². The molecule has 0 radical (unpaired) electrons. The zero-order chi connectivity index (χ0) is 18.3. The van der Waals surface area contributed by atoms with Crippen molar-refractivity contribution in [2.75, 3.05) is 6.54 Å². The van der Waals surface area contributed by atoms with Gasteiger partial charge >= 0.3 is 5.97 Å². The van der Waals surface area contributed by atoms with Crippen molar-refractivity contribution in [3.8, 4) is 5.75 Å². The molecule has 0 aromatic heterocycles. The number of benzene rings is 2. The molecule has 0 saturated carbocycles. The summed E-state index contributed by atoms with van der Waals surface area (Å²) in [7, 11) is -3.57. The van der Waals surface area contributed by atoms with Gasteiger partial charge in [0.1, 0.15) is 5.75 Å². The van der Waals surface area contributed by atoms with Crippen LogP contribution in [0, 0.1) is 0 Å². The normalized spacial score (nSPS) is 12.5. The predicted molar refractivity (Wildman–Crippen MR) is 94.1 cm³/mol. The van der Waals surface area contributed by atoms with Gasteiger partial charge in [-0.15, -0.1) is 0 Å². The summed E-state index contributed by atoms with van der Waals surface area (Å²) in [6.07, 6.45) is -0.204. The Labute approximate surface area is 147 Å². The molecule has 0 saturated heterocycles. The number of carboxylic acids is 1. The number of nitrogens with one attached hydrogen (secondary N) is 1. The number of carbonyl (C=O) groups is 1. The highest BCUT2D eigenvalue weighted by Gasteiger charge is 2.18. The number of rotatable bonds is 9. The first-order valence-electron chi connectivity index (χ1n) is 7.96. The van der Waals surface area contributed by atoms with Crippen molar-refractivity contribution in [2.24, 2.45) is 0 Å². The molecular formula is C18H21NO5S. The third kappa shape index (κ3) is 5.30. The maximum atomic E-state index is 12.2. The summed E-state index contributed by atoms with van der Waals surface area (Å²) in [5, 5.41) is 9.12. The Hall–Kier alpha value is -2.38. The van der Waals surface area contributed by atoms with E-state index in [0.717, 1.165) is 5.56 Å². The van der Waals surface area contributed by atoms with Crippen LogP contribution in [0.15, 0.2) is 59.5 Å². The molecule has 0 spiro atoms. The van der Waals surface area contributed by atoms with Crippen LogP contribution in [0.2, 0.25) is 0 Å². The second-order valence-corrected chi connectivity index (χ2v) is 7.19. The van der Waals surface area contributed by atoms with Crippen molar-refractivity contribution in [3.63, 3.8) is 0 Å². The summed E-state index contributed by atoms with van der Waals surface area (Å²) in [6, 6.07) is 15.2. The lowest BCUT2D eigenvalue weighted by molar-refractivity contribution is -0.145. The van der Waals surface area contributed by atoms with E-state index in [4.69, 9.17) is 9.84 Å². The van der Waals surface area contributed by atoms with E-state index in [1.54, 1.807) is 49.4 Å². The van der Waals surface area contributed by atoms with E-state index in [-0.39, 0.29) is 11.4 Å². The minimum atomic E-state index is -3.57. The quantitative estimate of drug-likeness (QED) is 0.714. The van der Waals surface area contributed by atoms with Gasteiger partial charge in [-0.3, -0.25) is 0 Å². The Balaban J connectivity index is 2.03. The molecule has 134 valence electrons. The summed E-state index contributed by atoms with van der Waals surface area (Å²) in [4.78, 5) is 11.3. The minimum absolute atomic E-state index is 0.182. The summed E-state index contributed by atoms with van der Waals surface area (Å²) in [5.74, 6) is -0.572. The van der Waals surface area contributed by atoms with Gasteiger partial charge < -0.3 is 9.84 Å². The van der Waals surface area contributed by atoms with Gasteiger partial charge in [0, 0.05) is 6.54 Å². The molecule has 0 aliphatic heterocycles. The van der Waals surface area contributed by atoms with Crippen LogP contribution >= 0.6 is 0 Å². The predicted octanol–water partition coefficient (Wildman–Crippen LogP) is 2.45. The maximum Gasteiger partial charge on any atom is 0.344 e. The maximum absolute atomic E-state index is 12.2. The van der Waals surface area contributed by atoms with Crippen molar-refractivity contribution in [2.45, 2.75) is 30.8 Å². The molecule has 0 aliphatic rings. The van der Waals surface area contributed by atoms with Crippen LogP contribution in [0.3, 0.4) is 0 Å². The summed E-state index contributed by atoms with van der Waals surface area (Å²) in [5.41, 5.74) is 0.748. The summed E-state index contributed by atoms with van der Waals surface area (Å²) in [6.45, 7) is 1.91. The van der Waals surface area contributed by atoms with Gasteiger partial charge in [-0.2, -0.15) is 0 Å². The van der Waals surface area contributed by atoms with E-state index in [1.165, 1.54) is 12.1 Å². The fraction of sp³-hybridized carbons (Fsp3) is 0.278. The average molecular weight is 363 g/mol. The van der Waals surface area contributed by atoms with Gasteiger partial charge in [0.05, 0.1) is 4.90 Å². The zero-order valence-electron chi connectivity index (χ0n) is 13.9. The highest BCUT2D eigenvalue weighted by atomic mass is 32.2. The molecule has 2 aromatic rings. The molecule has 0 fully saturated rings. The lowest BCUT2D eigenvalue weighted by atomic mass is 10.1. The second-order valence-electron chi connectivity index (χ2n) is 5.42. The lowest BCUT2D eigenvalue weighted by Crippen LogP contribution is -2.28. The van der Waals surface area contributed by atoms with Gasteiger partial charge in [0.15, 0.2) is 6.10 Å². The van der Waals surface area contributed by atoms with Gasteiger partial charge in [0.25, 0.3) is 0 Å². The van der Waals surface area contributed by atoms with Gasteiger partial charge in [-0.25, -0.2) is 17.9 Å². The van der Waals surface area contributed by atoms with Crippen LogP contribution < -0.4 is 9.46 Å². The molecule has 0 aliphatic carbocycles. The monoisotopic (exact) mass is 363 g/mol. The molecular weight excluding hydrogens is 342 g/mol. The third-order valence-corrected chi connectivity index (χ3v) is 5.10. The van der Waals surface area contributed by atoms with Crippen molar-refractivity contribution >= 4 is 16.0 Å². The van der Waals surface area contributed by atoms with Crippen LogP contribution in [0.25, 0.3) is 0 Å². The topological polar surface area (TPSA) is 92.7 Å². The number of carboxylic acid groups (broad SMARTS) is 1. The zero-order valence-corrected chi connectivity index (χ0v) is 14.7. The van der Waals surface area contributed by atoms with E-state index < -0.39 is 22.1 Å². The number of hydrogen-bond acceptors (Lipinski definition) is 4. The van der Waals surface area contributed by atoms with Gasteiger partial charge in [-0.05, 0) is 36.6 Å². The highest BCUT2D eigenvalue weighted by Crippen LogP contribution is 2.21. The number of hydrogen-bond donors (Lipinski definition) is 2. The average Bonchev–Trinajstić information content (AvgIpc) is 2.61. The van der Waals surface area contributed by atoms with Crippen LogP contribution in [0.4, 0.5) is 0 Å². The first kappa shape index (κ1) is 19.0. The van der Waals surface area contributed by atoms with Crippen molar-refractivity contribution in [3.05, 3.63) is 60.2 Å². The Morgan fingerprint density at radius 2 is 1.76 bits per heavy atom. The van der Waals surface area contributed by atoms with E-state index in [1.807, 2.05) is 0 Å². The molecule has 2 N–H and O–H groups in total. The number of ether oxygens (including phenoxy) is 1. The largest absolute Gasteiger partial charge is 0.479 e. The Morgan fingerprint density at radius 3 is 2.40 bits per heavy atom. The van der Waals surface area contributed by atoms with Crippen LogP contribution in [-0.2, 0) is 21.2 Å². The first-order valence-corrected chi connectivity index (χ1v) is 9.44. The fourth-order valence-electron chi connectivity index (χ4n) is 2.29. The molecule has 2 aromatic carbocycles. The molecule has 0 amide bonds. The second kappa shape index (κ2) is 8.64. The Bertz CT molecular complexity index is 805. The smallest absolute Gasteiger partial charge is 0.344 e.